The molecule has 3 N–H and O–H groups in total. The second-order valence-electron chi connectivity index (χ2n) is 8.59. The van der Waals surface area contributed by atoms with Crippen molar-refractivity contribution in [2.75, 3.05) is 12.8 Å². The number of ether oxygens (including phenoxy) is 1. The number of halogens is 1. The summed E-state index contributed by atoms with van der Waals surface area (Å²) >= 11 is 0. The molecular formula is C26H26FN5O2. The minimum atomic E-state index is -0.491. The van der Waals surface area contributed by atoms with Crippen LogP contribution in [0.1, 0.15) is 53.1 Å². The number of rotatable bonds is 6. The van der Waals surface area contributed by atoms with Crippen molar-refractivity contribution in [3.63, 3.8) is 0 Å². The number of nitrogens with zero attached hydrogens (tertiary/aromatic N) is 3. The largest absolute Gasteiger partial charge is 0.496 e. The van der Waals surface area contributed by atoms with Gasteiger partial charge < -0.3 is 20.4 Å². The molecule has 1 saturated carbocycles. The van der Waals surface area contributed by atoms with Crippen LogP contribution in [0, 0.1) is 5.82 Å². The zero-order chi connectivity index (χ0) is 23.7. The zero-order valence-corrected chi connectivity index (χ0v) is 18.9. The molecule has 7 nitrogen and oxygen atoms in total. The first-order chi connectivity index (χ1) is 16.5. The van der Waals surface area contributed by atoms with E-state index in [1.807, 2.05) is 24.3 Å². The van der Waals surface area contributed by atoms with Gasteiger partial charge in [0.15, 0.2) is 5.82 Å². The summed E-state index contributed by atoms with van der Waals surface area (Å²) in [4.78, 5) is 21.3. The van der Waals surface area contributed by atoms with E-state index in [1.165, 1.54) is 50.0 Å². The molecule has 2 aromatic heterocycles. The van der Waals surface area contributed by atoms with E-state index in [1.54, 1.807) is 0 Å². The molecule has 1 amide bonds. The van der Waals surface area contributed by atoms with Crippen LogP contribution in [-0.4, -0.2) is 27.6 Å². The van der Waals surface area contributed by atoms with Gasteiger partial charge in [-0.05, 0) is 60.2 Å². The molecule has 0 radical (unpaired) electrons. The van der Waals surface area contributed by atoms with Crippen LogP contribution in [0.2, 0.25) is 0 Å². The number of hydrogen-bond donors (Lipinski definition) is 2. The van der Waals surface area contributed by atoms with E-state index >= 15 is 0 Å². The van der Waals surface area contributed by atoms with Crippen molar-refractivity contribution >= 4 is 22.8 Å². The lowest BCUT2D eigenvalue weighted by Crippen LogP contribution is -2.23. The average Bonchev–Trinajstić information content (AvgIpc) is 3.52. The number of hydrogen-bond acceptors (Lipinski definition) is 5. The quantitative estimate of drug-likeness (QED) is 0.434. The lowest BCUT2D eigenvalue weighted by atomic mass is 10.00. The lowest BCUT2D eigenvalue weighted by Gasteiger charge is -2.11. The van der Waals surface area contributed by atoms with E-state index in [9.17, 15) is 9.18 Å². The normalized spacial score (nSPS) is 13.9. The third-order valence-corrected chi connectivity index (χ3v) is 6.50. The molecular weight excluding hydrogens is 433 g/mol. The van der Waals surface area contributed by atoms with Crippen molar-refractivity contribution in [3.05, 3.63) is 77.5 Å². The Morgan fingerprint density at radius 3 is 2.68 bits per heavy atom. The number of nitrogen functional groups attached to an aromatic ring is 1. The predicted octanol–water partition coefficient (Wildman–Crippen LogP) is 4.74. The Balaban J connectivity index is 1.38. The summed E-state index contributed by atoms with van der Waals surface area (Å²) in [6, 6.07) is 11.7. The summed E-state index contributed by atoms with van der Waals surface area (Å²) in [6.07, 6.45) is 8.47. The first kappa shape index (κ1) is 21.9. The predicted molar refractivity (Wildman–Crippen MR) is 129 cm³/mol. The molecule has 0 aliphatic heterocycles. The van der Waals surface area contributed by atoms with Crippen LogP contribution in [0.25, 0.3) is 16.7 Å². The van der Waals surface area contributed by atoms with Crippen LogP contribution >= 0.6 is 0 Å². The van der Waals surface area contributed by atoms with E-state index in [-0.39, 0.29) is 5.56 Å². The zero-order valence-electron chi connectivity index (χ0n) is 18.9. The van der Waals surface area contributed by atoms with Crippen LogP contribution in [0.5, 0.6) is 5.75 Å². The highest BCUT2D eigenvalue weighted by molar-refractivity contribution is 5.97. The second kappa shape index (κ2) is 9.13. The first-order valence-corrected chi connectivity index (χ1v) is 11.4. The molecule has 5 rings (SSSR count). The third-order valence-electron chi connectivity index (χ3n) is 6.50. The number of methoxy groups -OCH3 is 1. The Morgan fingerprint density at radius 2 is 1.94 bits per heavy atom. The maximum atomic E-state index is 13.6. The van der Waals surface area contributed by atoms with Crippen molar-refractivity contribution in [1.29, 1.82) is 0 Å². The Hall–Kier alpha value is -3.94. The summed E-state index contributed by atoms with van der Waals surface area (Å²) in [5.74, 6) is 0.381. The monoisotopic (exact) mass is 459 g/mol. The van der Waals surface area contributed by atoms with Gasteiger partial charge in [0.2, 0.25) is 0 Å². The molecule has 2 heterocycles. The number of anilines is 1. The van der Waals surface area contributed by atoms with E-state index in [4.69, 9.17) is 10.5 Å². The number of benzene rings is 2. The molecule has 0 atom stereocenters. The van der Waals surface area contributed by atoms with Crippen LogP contribution in [0.4, 0.5) is 10.2 Å². The van der Waals surface area contributed by atoms with Crippen molar-refractivity contribution < 1.29 is 13.9 Å². The maximum Gasteiger partial charge on any atom is 0.255 e. The van der Waals surface area contributed by atoms with Crippen LogP contribution in [0.15, 0.2) is 55.0 Å². The number of amides is 1. The van der Waals surface area contributed by atoms with Gasteiger partial charge in [0.05, 0.1) is 18.2 Å². The molecule has 34 heavy (non-hydrogen) atoms. The second-order valence-corrected chi connectivity index (χ2v) is 8.59. The Morgan fingerprint density at radius 1 is 1.18 bits per heavy atom. The summed E-state index contributed by atoms with van der Waals surface area (Å²) < 4.78 is 20.8. The minimum Gasteiger partial charge on any atom is -0.496 e. The first-order valence-electron chi connectivity index (χ1n) is 11.4. The van der Waals surface area contributed by atoms with E-state index in [2.05, 4.69) is 26.0 Å². The van der Waals surface area contributed by atoms with Crippen molar-refractivity contribution in [2.45, 2.75) is 38.1 Å². The molecule has 8 heteroatoms. The standard InChI is InChI=1S/C26H26FN5O2/c1-34-22-11-8-18(27)12-20(22)26(33)29-13-16-6-9-19(10-7-16)32-14-21(17-4-2-3-5-17)23-24(32)25(28)31-15-30-23/h6-12,14-15,17H,2-5,13H2,1H3,(H,29,33)(H2,28,30,31). The Labute approximate surface area is 196 Å². The van der Waals surface area contributed by atoms with Crippen molar-refractivity contribution in [2.24, 2.45) is 0 Å². The van der Waals surface area contributed by atoms with Gasteiger partial charge in [0.25, 0.3) is 5.91 Å². The van der Waals surface area contributed by atoms with Gasteiger partial charge in [-0.1, -0.05) is 25.0 Å². The molecule has 0 saturated heterocycles. The number of aromatic nitrogens is 3. The average molecular weight is 460 g/mol. The summed E-state index contributed by atoms with van der Waals surface area (Å²) in [6.45, 7) is 0.295. The van der Waals surface area contributed by atoms with E-state index in [0.717, 1.165) is 35.1 Å². The summed E-state index contributed by atoms with van der Waals surface area (Å²) in [5.41, 5.74) is 11.2. The molecule has 1 aliphatic carbocycles. The minimum absolute atomic E-state index is 0.160. The Kier molecular flexibility index (Phi) is 5.88. The van der Waals surface area contributed by atoms with Gasteiger partial charge in [-0.3, -0.25) is 4.79 Å². The number of carbonyl (C=O) groups is 1. The van der Waals surface area contributed by atoms with Crippen molar-refractivity contribution in [3.8, 4) is 11.4 Å². The van der Waals surface area contributed by atoms with Crippen LogP contribution in [-0.2, 0) is 6.54 Å². The van der Waals surface area contributed by atoms with Crippen LogP contribution in [0.3, 0.4) is 0 Å². The molecule has 1 aliphatic rings. The van der Waals surface area contributed by atoms with Gasteiger partial charge in [-0.25, -0.2) is 14.4 Å². The molecule has 0 bridgehead atoms. The van der Waals surface area contributed by atoms with Gasteiger partial charge in [0.1, 0.15) is 23.4 Å². The molecule has 174 valence electrons. The van der Waals surface area contributed by atoms with Crippen molar-refractivity contribution in [1.82, 2.24) is 19.9 Å². The van der Waals surface area contributed by atoms with Gasteiger partial charge in [-0.15, -0.1) is 0 Å². The SMILES string of the molecule is COc1ccc(F)cc1C(=O)NCc1ccc(-n2cc(C3CCCC3)c3ncnc(N)c32)cc1. The molecule has 0 spiro atoms. The fourth-order valence-electron chi connectivity index (χ4n) is 4.75. The van der Waals surface area contributed by atoms with Gasteiger partial charge >= 0.3 is 0 Å². The highest BCUT2D eigenvalue weighted by atomic mass is 19.1. The highest BCUT2D eigenvalue weighted by Gasteiger charge is 2.24. The third kappa shape index (κ3) is 4.07. The fraction of sp³-hybridized carbons (Fsp3) is 0.269. The fourth-order valence-corrected chi connectivity index (χ4v) is 4.75. The van der Waals surface area contributed by atoms with Gasteiger partial charge in [0, 0.05) is 18.4 Å². The van der Waals surface area contributed by atoms with E-state index in [0.29, 0.717) is 24.0 Å². The maximum absolute atomic E-state index is 13.6. The van der Waals surface area contributed by atoms with E-state index < -0.39 is 11.7 Å². The molecule has 4 aromatic rings. The van der Waals surface area contributed by atoms with Gasteiger partial charge in [-0.2, -0.15) is 0 Å². The molecule has 2 aromatic carbocycles. The van der Waals surface area contributed by atoms with Crippen LogP contribution < -0.4 is 15.8 Å². The molecule has 0 unspecified atom stereocenters. The summed E-state index contributed by atoms with van der Waals surface area (Å²) in [5, 5.41) is 2.82. The number of carbonyl (C=O) groups excluding carboxylic acids is 1. The smallest absolute Gasteiger partial charge is 0.255 e. The number of nitrogens with two attached hydrogens (primary N) is 1. The number of nitrogens with one attached hydrogen (secondary N) is 1. The molecule has 1 fully saturated rings. The highest BCUT2D eigenvalue weighted by Crippen LogP contribution is 2.39. The lowest BCUT2D eigenvalue weighted by molar-refractivity contribution is 0.0947. The topological polar surface area (TPSA) is 95.1 Å². The summed E-state index contributed by atoms with van der Waals surface area (Å²) in [7, 11) is 1.45. The Bertz CT molecular complexity index is 1340. The number of fused-ring (bicyclic) bond motifs is 1.